The van der Waals surface area contributed by atoms with Gasteiger partial charge < -0.3 is 0 Å². The molecule has 0 saturated carbocycles. The van der Waals surface area contributed by atoms with Crippen LogP contribution >= 0.6 is 11.8 Å². The molecule has 0 amide bonds. The first-order valence-corrected chi connectivity index (χ1v) is 7.69. The van der Waals surface area contributed by atoms with E-state index in [-0.39, 0.29) is 0 Å². The summed E-state index contributed by atoms with van der Waals surface area (Å²) in [5.41, 5.74) is 0. The fourth-order valence-corrected chi connectivity index (χ4v) is 4.68. The van der Waals surface area contributed by atoms with Crippen LogP contribution in [0.3, 0.4) is 0 Å². The van der Waals surface area contributed by atoms with Crippen LogP contribution in [0.25, 0.3) is 10.8 Å². The van der Waals surface area contributed by atoms with Crippen molar-refractivity contribution in [3.8, 4) is 0 Å². The average molecular weight is 248 g/mol. The molecule has 1 atom stereocenters. The largest absolute Gasteiger partial charge is 0.254 e. The van der Waals surface area contributed by atoms with E-state index in [1.54, 1.807) is 0 Å². The van der Waals surface area contributed by atoms with Crippen molar-refractivity contribution in [2.75, 3.05) is 11.5 Å². The van der Waals surface area contributed by atoms with E-state index in [4.69, 9.17) is 0 Å². The van der Waals surface area contributed by atoms with Gasteiger partial charge in [0.2, 0.25) is 0 Å². The Morgan fingerprint density at radius 1 is 1.12 bits per heavy atom. The first kappa shape index (κ1) is 10.4. The molecule has 0 aliphatic carbocycles. The van der Waals surface area contributed by atoms with Gasteiger partial charge >= 0.3 is 0 Å². The number of hydrogen-bond acceptors (Lipinski definition) is 2. The summed E-state index contributed by atoms with van der Waals surface area (Å²) in [4.78, 5) is 2.29. The highest BCUT2D eigenvalue weighted by molar-refractivity contribution is 7.99. The molecule has 2 aromatic rings. The molecule has 16 heavy (non-hydrogen) atoms. The van der Waals surface area contributed by atoms with Crippen LogP contribution in [0.4, 0.5) is 0 Å². The topological polar surface area (TPSA) is 17.1 Å². The maximum atomic E-state index is 12.1. The van der Waals surface area contributed by atoms with E-state index in [2.05, 4.69) is 24.3 Å². The standard InChI is InChI=1S/C13H12OS2/c14-16-9-3-8-15-11-6-1-4-10-5-2-7-12(16)13(10)11/h1-2,4-7H,3,8-9H2. The lowest BCUT2D eigenvalue weighted by atomic mass is 10.1. The summed E-state index contributed by atoms with van der Waals surface area (Å²) >= 11 is 1.88. The predicted octanol–water partition coefficient (Wildman–Crippen LogP) is 3.44. The van der Waals surface area contributed by atoms with Gasteiger partial charge in [0.15, 0.2) is 0 Å². The normalized spacial score (nSPS) is 20.4. The summed E-state index contributed by atoms with van der Waals surface area (Å²) in [6, 6.07) is 12.4. The highest BCUT2D eigenvalue weighted by atomic mass is 32.2. The average Bonchev–Trinajstić information content (AvgIpc) is 2.32. The second kappa shape index (κ2) is 4.22. The molecular formula is C13H12OS2. The van der Waals surface area contributed by atoms with Crippen molar-refractivity contribution in [1.82, 2.24) is 0 Å². The number of benzene rings is 2. The first-order valence-electron chi connectivity index (χ1n) is 5.39. The lowest BCUT2D eigenvalue weighted by Crippen LogP contribution is -2.03. The molecule has 1 aliphatic rings. The zero-order valence-corrected chi connectivity index (χ0v) is 10.4. The molecule has 1 nitrogen and oxygen atoms in total. The zero-order chi connectivity index (χ0) is 11.0. The van der Waals surface area contributed by atoms with E-state index < -0.39 is 10.8 Å². The first-order chi connectivity index (χ1) is 7.86. The van der Waals surface area contributed by atoms with Crippen molar-refractivity contribution in [2.45, 2.75) is 16.2 Å². The lowest BCUT2D eigenvalue weighted by molar-refractivity contribution is 0.682. The summed E-state index contributed by atoms with van der Waals surface area (Å²) in [6.45, 7) is 0. The second-order valence-corrected chi connectivity index (χ2v) is 6.54. The minimum absolute atomic E-state index is 0.792. The van der Waals surface area contributed by atoms with Crippen LogP contribution in [0.2, 0.25) is 0 Å². The Hall–Kier alpha value is -0.800. The molecule has 0 radical (unpaired) electrons. The highest BCUT2D eigenvalue weighted by Gasteiger charge is 2.14. The van der Waals surface area contributed by atoms with Gasteiger partial charge in [0.05, 0.1) is 10.8 Å². The molecule has 2 aromatic carbocycles. The van der Waals surface area contributed by atoms with E-state index in [1.165, 1.54) is 15.7 Å². The number of thioether (sulfide) groups is 1. The Morgan fingerprint density at radius 2 is 1.94 bits per heavy atom. The van der Waals surface area contributed by atoms with E-state index in [0.717, 1.165) is 22.8 Å². The van der Waals surface area contributed by atoms with Crippen molar-refractivity contribution in [2.24, 2.45) is 0 Å². The summed E-state index contributed by atoms with van der Waals surface area (Å²) in [6.07, 6.45) is 1.03. The monoisotopic (exact) mass is 248 g/mol. The van der Waals surface area contributed by atoms with Crippen molar-refractivity contribution in [1.29, 1.82) is 0 Å². The van der Waals surface area contributed by atoms with Crippen LogP contribution in [0.1, 0.15) is 6.42 Å². The molecule has 82 valence electrons. The molecule has 3 heteroatoms. The molecule has 0 bridgehead atoms. The van der Waals surface area contributed by atoms with Crippen molar-refractivity contribution >= 4 is 33.3 Å². The molecule has 3 rings (SSSR count). The van der Waals surface area contributed by atoms with Gasteiger partial charge in [0, 0.05) is 20.9 Å². The molecule has 1 unspecified atom stereocenters. The molecule has 0 saturated heterocycles. The van der Waals surface area contributed by atoms with Crippen molar-refractivity contribution in [3.05, 3.63) is 36.4 Å². The second-order valence-electron chi connectivity index (χ2n) is 3.86. The Labute approximate surface area is 102 Å². The van der Waals surface area contributed by atoms with Gasteiger partial charge in [-0.15, -0.1) is 11.8 Å². The Balaban J connectivity index is 2.38. The quantitative estimate of drug-likeness (QED) is 0.710. The fourth-order valence-electron chi connectivity index (χ4n) is 2.07. The third-order valence-electron chi connectivity index (χ3n) is 2.81. The van der Waals surface area contributed by atoms with Crippen LogP contribution in [0, 0.1) is 0 Å². The fraction of sp³-hybridized carbons (Fsp3) is 0.231. The van der Waals surface area contributed by atoms with Crippen LogP contribution in [-0.4, -0.2) is 15.7 Å². The van der Waals surface area contributed by atoms with Gasteiger partial charge in [-0.25, -0.2) is 0 Å². The maximum Gasteiger partial charge on any atom is 0.0536 e. The third-order valence-corrected chi connectivity index (χ3v) is 5.44. The molecule has 0 aromatic heterocycles. The summed E-state index contributed by atoms with van der Waals surface area (Å²) in [5.74, 6) is 1.86. The zero-order valence-electron chi connectivity index (χ0n) is 8.81. The van der Waals surface area contributed by atoms with Crippen LogP contribution in [0.5, 0.6) is 0 Å². The van der Waals surface area contributed by atoms with Crippen molar-refractivity contribution in [3.63, 3.8) is 0 Å². The Kier molecular flexibility index (Phi) is 2.74. The molecule has 0 fully saturated rings. The molecule has 1 heterocycles. The number of hydrogen-bond donors (Lipinski definition) is 0. The SMILES string of the molecule is O=S1CCCSc2cccc3cccc1c23. The van der Waals surface area contributed by atoms with E-state index in [0.29, 0.717) is 0 Å². The summed E-state index contributed by atoms with van der Waals surface area (Å²) < 4.78 is 12.1. The summed E-state index contributed by atoms with van der Waals surface area (Å²) in [7, 11) is -0.830. The van der Waals surface area contributed by atoms with Crippen LogP contribution in [0.15, 0.2) is 46.2 Å². The predicted molar refractivity (Wildman–Crippen MR) is 70.6 cm³/mol. The Bertz CT molecular complexity index is 558. The van der Waals surface area contributed by atoms with Crippen LogP contribution in [-0.2, 0) is 10.8 Å². The molecule has 0 N–H and O–H groups in total. The van der Waals surface area contributed by atoms with E-state index in [1.807, 2.05) is 23.9 Å². The third kappa shape index (κ3) is 1.68. The maximum absolute atomic E-state index is 12.1. The molecule has 1 aliphatic heterocycles. The van der Waals surface area contributed by atoms with Gasteiger partial charge in [-0.2, -0.15) is 0 Å². The van der Waals surface area contributed by atoms with E-state index in [9.17, 15) is 4.21 Å². The summed E-state index contributed by atoms with van der Waals surface area (Å²) in [5, 5.41) is 2.41. The minimum atomic E-state index is -0.830. The molecule has 0 spiro atoms. The molecular weight excluding hydrogens is 236 g/mol. The van der Waals surface area contributed by atoms with Gasteiger partial charge in [0.25, 0.3) is 0 Å². The smallest absolute Gasteiger partial charge is 0.0536 e. The Morgan fingerprint density at radius 3 is 2.81 bits per heavy atom. The van der Waals surface area contributed by atoms with Gasteiger partial charge in [-0.1, -0.05) is 24.3 Å². The van der Waals surface area contributed by atoms with E-state index >= 15 is 0 Å². The highest BCUT2D eigenvalue weighted by Crippen LogP contribution is 2.34. The lowest BCUT2D eigenvalue weighted by Gasteiger charge is -2.14. The van der Waals surface area contributed by atoms with Gasteiger partial charge in [0.1, 0.15) is 0 Å². The van der Waals surface area contributed by atoms with Gasteiger partial charge in [-0.05, 0) is 29.7 Å². The minimum Gasteiger partial charge on any atom is -0.254 e. The van der Waals surface area contributed by atoms with Crippen molar-refractivity contribution < 1.29 is 4.21 Å². The number of rotatable bonds is 0. The van der Waals surface area contributed by atoms with Gasteiger partial charge in [-0.3, -0.25) is 4.21 Å². The van der Waals surface area contributed by atoms with Crippen LogP contribution < -0.4 is 0 Å².